The van der Waals surface area contributed by atoms with Crippen LogP contribution < -0.4 is 5.32 Å². The predicted molar refractivity (Wildman–Crippen MR) is 91.6 cm³/mol. The molecule has 3 aromatic rings. The third-order valence-electron chi connectivity index (χ3n) is 3.88. The molecule has 0 spiro atoms. The number of nitrogens with one attached hydrogen (secondary N) is 1. The van der Waals surface area contributed by atoms with Crippen molar-refractivity contribution in [3.8, 4) is 0 Å². The Bertz CT molecular complexity index is 778. The molecule has 0 saturated heterocycles. The molecule has 2 atom stereocenters. The van der Waals surface area contributed by atoms with Gasteiger partial charge in [0.05, 0.1) is 12.6 Å². The molecule has 0 bridgehead atoms. The van der Waals surface area contributed by atoms with Gasteiger partial charge in [0.25, 0.3) is 0 Å². The molecule has 2 N–H and O–H groups in total. The Balaban J connectivity index is 1.78. The van der Waals surface area contributed by atoms with Crippen LogP contribution in [0.5, 0.6) is 0 Å². The first kappa shape index (κ1) is 16.8. The Morgan fingerprint density at radius 3 is 2.36 bits per heavy atom. The Morgan fingerprint density at radius 2 is 1.76 bits per heavy atom. The quantitative estimate of drug-likeness (QED) is 0.670. The average molecular weight is 337 g/mol. The van der Waals surface area contributed by atoms with Gasteiger partial charge in [-0.05, 0) is 28.0 Å². The van der Waals surface area contributed by atoms with Gasteiger partial charge in [-0.3, -0.25) is 4.79 Å². The van der Waals surface area contributed by atoms with E-state index in [-0.39, 0.29) is 12.5 Å². The minimum Gasteiger partial charge on any atom is -0.394 e. The molecule has 128 valence electrons. The molecule has 0 fully saturated rings. The van der Waals surface area contributed by atoms with Crippen LogP contribution in [-0.4, -0.2) is 43.9 Å². The number of hydrogen-bond donors (Lipinski definition) is 2. The Morgan fingerprint density at radius 1 is 1.08 bits per heavy atom. The summed E-state index contributed by atoms with van der Waals surface area (Å²) in [6, 6.07) is 17.9. The maximum absolute atomic E-state index is 12.9. The van der Waals surface area contributed by atoms with Crippen LogP contribution in [-0.2, 0) is 11.2 Å². The van der Waals surface area contributed by atoms with Crippen molar-refractivity contribution in [3.63, 3.8) is 0 Å². The Labute approximate surface area is 145 Å². The van der Waals surface area contributed by atoms with Gasteiger partial charge in [-0.15, -0.1) is 5.10 Å². The number of aliphatic hydroxyl groups is 1. The molecule has 7 nitrogen and oxygen atoms in total. The number of nitrogens with zero attached hydrogens (tertiary/aromatic N) is 4. The second kappa shape index (κ2) is 8.16. The van der Waals surface area contributed by atoms with Crippen molar-refractivity contribution in [2.24, 2.45) is 0 Å². The number of amides is 1. The first-order valence-electron chi connectivity index (χ1n) is 8.00. The van der Waals surface area contributed by atoms with E-state index in [0.717, 1.165) is 11.1 Å². The summed E-state index contributed by atoms with van der Waals surface area (Å²) in [5.41, 5.74) is 1.81. The van der Waals surface area contributed by atoms with Crippen LogP contribution in [0.3, 0.4) is 0 Å². The van der Waals surface area contributed by atoms with E-state index < -0.39 is 12.1 Å². The van der Waals surface area contributed by atoms with Gasteiger partial charge < -0.3 is 10.4 Å². The number of tetrazole rings is 1. The van der Waals surface area contributed by atoms with Gasteiger partial charge in [-0.1, -0.05) is 60.7 Å². The molecule has 25 heavy (non-hydrogen) atoms. The number of aliphatic hydroxyl groups excluding tert-OH is 1. The summed E-state index contributed by atoms with van der Waals surface area (Å²) in [5.74, 6) is -0.270. The fourth-order valence-electron chi connectivity index (χ4n) is 2.69. The van der Waals surface area contributed by atoms with Crippen LogP contribution in [0.1, 0.15) is 17.2 Å². The van der Waals surface area contributed by atoms with Crippen LogP contribution in [0.2, 0.25) is 0 Å². The third-order valence-corrected chi connectivity index (χ3v) is 3.88. The Hall–Kier alpha value is -3.06. The highest BCUT2D eigenvalue weighted by Crippen LogP contribution is 2.17. The lowest BCUT2D eigenvalue weighted by Gasteiger charge is -2.21. The zero-order chi connectivity index (χ0) is 17.5. The molecule has 1 amide bonds. The fraction of sp³-hybridized carbons (Fsp3) is 0.222. The van der Waals surface area contributed by atoms with E-state index in [1.807, 2.05) is 60.7 Å². The first-order valence-corrected chi connectivity index (χ1v) is 8.00. The average Bonchev–Trinajstić information content (AvgIpc) is 3.17. The SMILES string of the molecule is O=C(N[C@@H](CO)Cc1ccccc1)[C@@H](c1ccccc1)n1cnnn1. The van der Waals surface area contributed by atoms with E-state index >= 15 is 0 Å². The van der Waals surface area contributed by atoms with Gasteiger partial charge in [-0.25, -0.2) is 4.68 Å². The highest BCUT2D eigenvalue weighted by Gasteiger charge is 2.25. The molecule has 1 heterocycles. The van der Waals surface area contributed by atoms with Gasteiger partial charge in [0.1, 0.15) is 6.33 Å². The minimum atomic E-state index is -0.693. The largest absolute Gasteiger partial charge is 0.394 e. The van der Waals surface area contributed by atoms with Gasteiger partial charge in [0, 0.05) is 0 Å². The second-order valence-electron chi connectivity index (χ2n) is 5.68. The lowest BCUT2D eigenvalue weighted by atomic mass is 10.0. The van der Waals surface area contributed by atoms with Gasteiger partial charge in [-0.2, -0.15) is 0 Å². The van der Waals surface area contributed by atoms with Gasteiger partial charge >= 0.3 is 0 Å². The highest BCUT2D eigenvalue weighted by molar-refractivity contribution is 5.83. The lowest BCUT2D eigenvalue weighted by Crippen LogP contribution is -2.43. The van der Waals surface area contributed by atoms with Crippen LogP contribution in [0.25, 0.3) is 0 Å². The lowest BCUT2D eigenvalue weighted by molar-refractivity contribution is -0.124. The molecular formula is C18H19N5O2. The van der Waals surface area contributed by atoms with Crippen molar-refractivity contribution in [1.29, 1.82) is 0 Å². The van der Waals surface area contributed by atoms with Crippen molar-refractivity contribution in [3.05, 3.63) is 78.1 Å². The number of carbonyl (C=O) groups excluding carboxylic acids is 1. The summed E-state index contributed by atoms with van der Waals surface area (Å²) in [6.45, 7) is -0.155. The zero-order valence-electron chi connectivity index (χ0n) is 13.6. The van der Waals surface area contributed by atoms with E-state index in [2.05, 4.69) is 20.8 Å². The molecule has 2 aromatic carbocycles. The summed E-state index contributed by atoms with van der Waals surface area (Å²) >= 11 is 0. The molecule has 7 heteroatoms. The maximum Gasteiger partial charge on any atom is 0.249 e. The summed E-state index contributed by atoms with van der Waals surface area (Å²) in [4.78, 5) is 12.9. The topological polar surface area (TPSA) is 92.9 Å². The number of hydrogen-bond acceptors (Lipinski definition) is 5. The van der Waals surface area contributed by atoms with E-state index in [1.54, 1.807) is 0 Å². The predicted octanol–water partition coefficient (Wildman–Crippen LogP) is 0.982. The van der Waals surface area contributed by atoms with Crippen LogP contribution in [0.15, 0.2) is 67.0 Å². The molecule has 0 aliphatic heterocycles. The molecule has 0 aliphatic rings. The molecule has 3 rings (SSSR count). The molecular weight excluding hydrogens is 318 g/mol. The van der Waals surface area contributed by atoms with Crippen LogP contribution in [0.4, 0.5) is 0 Å². The first-order chi connectivity index (χ1) is 12.3. The maximum atomic E-state index is 12.9. The number of carbonyl (C=O) groups is 1. The molecule has 0 unspecified atom stereocenters. The van der Waals surface area contributed by atoms with Gasteiger partial charge in [0.15, 0.2) is 6.04 Å². The van der Waals surface area contributed by atoms with Gasteiger partial charge in [0.2, 0.25) is 5.91 Å². The number of rotatable bonds is 7. The van der Waals surface area contributed by atoms with E-state index in [0.29, 0.717) is 6.42 Å². The van der Waals surface area contributed by atoms with Crippen molar-refractivity contribution in [2.45, 2.75) is 18.5 Å². The number of benzene rings is 2. The monoisotopic (exact) mass is 337 g/mol. The Kier molecular flexibility index (Phi) is 5.48. The van der Waals surface area contributed by atoms with Crippen molar-refractivity contribution in [2.75, 3.05) is 6.61 Å². The molecule has 0 saturated carbocycles. The van der Waals surface area contributed by atoms with Crippen LogP contribution >= 0.6 is 0 Å². The zero-order valence-corrected chi connectivity index (χ0v) is 13.6. The van der Waals surface area contributed by atoms with Crippen LogP contribution in [0, 0.1) is 0 Å². The highest BCUT2D eigenvalue weighted by atomic mass is 16.3. The summed E-state index contributed by atoms with van der Waals surface area (Å²) < 4.78 is 1.40. The van der Waals surface area contributed by atoms with E-state index in [4.69, 9.17) is 0 Å². The molecule has 0 aliphatic carbocycles. The second-order valence-corrected chi connectivity index (χ2v) is 5.68. The summed E-state index contributed by atoms with van der Waals surface area (Å²) in [6.07, 6.45) is 1.95. The molecule has 0 radical (unpaired) electrons. The van der Waals surface area contributed by atoms with E-state index in [1.165, 1.54) is 11.0 Å². The third kappa shape index (κ3) is 4.27. The van der Waals surface area contributed by atoms with Crippen molar-refractivity contribution >= 4 is 5.91 Å². The normalized spacial score (nSPS) is 13.2. The van der Waals surface area contributed by atoms with Crippen molar-refractivity contribution in [1.82, 2.24) is 25.5 Å². The summed E-state index contributed by atoms with van der Waals surface area (Å²) in [7, 11) is 0. The van der Waals surface area contributed by atoms with E-state index in [9.17, 15) is 9.90 Å². The number of aromatic nitrogens is 4. The smallest absolute Gasteiger partial charge is 0.249 e. The van der Waals surface area contributed by atoms with Crippen molar-refractivity contribution < 1.29 is 9.90 Å². The molecule has 1 aromatic heterocycles. The standard InChI is InChI=1S/C18H19N5O2/c24-12-16(11-14-7-3-1-4-8-14)20-18(25)17(23-13-19-21-22-23)15-9-5-2-6-10-15/h1-10,13,16-17,24H,11-12H2,(H,20,25)/t16-,17-/m1/s1. The summed E-state index contributed by atoms with van der Waals surface area (Å²) in [5, 5.41) is 23.7. The minimum absolute atomic E-state index is 0.155. The fourth-order valence-corrected chi connectivity index (χ4v) is 2.69.